The van der Waals surface area contributed by atoms with E-state index in [2.05, 4.69) is 69.4 Å². The summed E-state index contributed by atoms with van der Waals surface area (Å²) in [7, 11) is 0. The van der Waals surface area contributed by atoms with Gasteiger partial charge in [0.1, 0.15) is 13.2 Å². The van der Waals surface area contributed by atoms with Crippen LogP contribution in [0.5, 0.6) is 0 Å². The summed E-state index contributed by atoms with van der Waals surface area (Å²) in [6, 6.07) is 0. The molecule has 6 heteroatoms. The maximum Gasteiger partial charge on any atom is 0.306 e. The van der Waals surface area contributed by atoms with Crippen molar-refractivity contribution >= 4 is 17.9 Å². The normalized spacial score (nSPS) is 12.6. The Bertz CT molecular complexity index is 913. The number of carbonyl (C=O) groups is 3. The molecule has 0 saturated carbocycles. The van der Waals surface area contributed by atoms with Crippen LogP contribution >= 0.6 is 0 Å². The molecule has 0 saturated heterocycles. The van der Waals surface area contributed by atoms with Crippen molar-refractivity contribution in [2.75, 3.05) is 13.2 Å². The molecule has 274 valence electrons. The first kappa shape index (κ1) is 45.1. The molecule has 0 rings (SSSR count). The van der Waals surface area contributed by atoms with Gasteiger partial charge in [-0.2, -0.15) is 0 Å². The Morgan fingerprint density at radius 3 is 1.48 bits per heavy atom. The molecule has 6 nitrogen and oxygen atoms in total. The number of carbonyl (C=O) groups excluding carboxylic acids is 3. The van der Waals surface area contributed by atoms with Gasteiger partial charge in [-0.25, -0.2) is 0 Å². The van der Waals surface area contributed by atoms with Gasteiger partial charge in [0, 0.05) is 19.3 Å². The van der Waals surface area contributed by atoms with Crippen LogP contribution in [0.1, 0.15) is 168 Å². The predicted molar refractivity (Wildman–Crippen MR) is 201 cm³/mol. The molecule has 0 fully saturated rings. The molecule has 0 aromatic heterocycles. The molecule has 1 atom stereocenters. The summed E-state index contributed by atoms with van der Waals surface area (Å²) >= 11 is 0. The summed E-state index contributed by atoms with van der Waals surface area (Å²) in [6.07, 6.45) is 42.3. The van der Waals surface area contributed by atoms with Crippen LogP contribution in [-0.2, 0) is 28.6 Å². The number of esters is 3. The fourth-order valence-corrected chi connectivity index (χ4v) is 4.87. The van der Waals surface area contributed by atoms with Gasteiger partial charge in [-0.1, -0.05) is 146 Å². The number of hydrogen-bond acceptors (Lipinski definition) is 6. The largest absolute Gasteiger partial charge is 0.462 e. The number of unbranched alkanes of at least 4 members (excludes halogenated alkanes) is 12. The molecule has 0 radical (unpaired) electrons. The lowest BCUT2D eigenvalue weighted by atomic mass is 10.1. The summed E-state index contributed by atoms with van der Waals surface area (Å²) in [5.74, 6) is -1.02. The molecule has 0 heterocycles. The van der Waals surface area contributed by atoms with E-state index in [1.165, 1.54) is 38.5 Å². The highest BCUT2D eigenvalue weighted by Crippen LogP contribution is 2.12. The Balaban J connectivity index is 4.48. The van der Waals surface area contributed by atoms with Gasteiger partial charge < -0.3 is 14.2 Å². The van der Waals surface area contributed by atoms with Gasteiger partial charge in [-0.15, -0.1) is 0 Å². The highest BCUT2D eigenvalue weighted by Gasteiger charge is 2.19. The molecule has 0 amide bonds. The Kier molecular flexibility index (Phi) is 34.7. The topological polar surface area (TPSA) is 78.9 Å². The Hall–Kier alpha value is -2.89. The number of allylic oxidation sites excluding steroid dienone is 10. The second-order valence-corrected chi connectivity index (χ2v) is 12.5. The second kappa shape index (κ2) is 36.9. The molecule has 0 bridgehead atoms. The van der Waals surface area contributed by atoms with E-state index in [-0.39, 0.29) is 37.5 Å². The second-order valence-electron chi connectivity index (χ2n) is 12.5. The van der Waals surface area contributed by atoms with E-state index in [1.807, 2.05) is 12.2 Å². The van der Waals surface area contributed by atoms with Crippen LogP contribution in [0.4, 0.5) is 0 Å². The van der Waals surface area contributed by atoms with E-state index in [0.717, 1.165) is 83.5 Å². The van der Waals surface area contributed by atoms with Gasteiger partial charge in [0.05, 0.1) is 0 Å². The van der Waals surface area contributed by atoms with Crippen molar-refractivity contribution in [3.63, 3.8) is 0 Å². The molecular formula is C42H70O6. The van der Waals surface area contributed by atoms with Gasteiger partial charge in [-0.3, -0.25) is 14.4 Å². The maximum absolute atomic E-state index is 12.6. The average molecular weight is 671 g/mol. The third-order valence-corrected chi connectivity index (χ3v) is 7.75. The molecule has 0 aromatic rings. The SMILES string of the molecule is CC/C=C\C/C=C\C/C=C\C/C=C\CCC(=O)OCC(COC(=O)CCCCCCCCC)OC(=O)CCCCCCC/C=C\CCC. The van der Waals surface area contributed by atoms with Crippen molar-refractivity contribution < 1.29 is 28.6 Å². The van der Waals surface area contributed by atoms with Crippen molar-refractivity contribution in [2.24, 2.45) is 0 Å². The standard InChI is InChI=1S/C42H70O6/c1-4-7-10-13-16-18-20-21-22-24-26-29-32-35-41(44)47-38-39(37-46-40(43)34-31-28-25-15-12-9-6-3)48-42(45)36-33-30-27-23-19-17-14-11-8-5-2/h7,10-11,14,16,18,21-22,26,29,39H,4-6,8-9,12-13,15,17,19-20,23-25,27-28,30-38H2,1-3H3/b10-7-,14-11-,18-16-,22-21-,29-26-. The molecule has 0 aliphatic heterocycles. The molecule has 0 spiro atoms. The zero-order valence-electron chi connectivity index (χ0n) is 31.0. The summed E-state index contributed by atoms with van der Waals surface area (Å²) in [5.41, 5.74) is 0. The fourth-order valence-electron chi connectivity index (χ4n) is 4.87. The Morgan fingerprint density at radius 2 is 0.896 bits per heavy atom. The number of ether oxygens (including phenoxy) is 3. The van der Waals surface area contributed by atoms with Crippen LogP contribution in [0.3, 0.4) is 0 Å². The van der Waals surface area contributed by atoms with E-state index in [1.54, 1.807) is 0 Å². The van der Waals surface area contributed by atoms with Gasteiger partial charge in [0.2, 0.25) is 0 Å². The monoisotopic (exact) mass is 671 g/mol. The number of rotatable bonds is 33. The Labute approximate surface area is 294 Å². The molecule has 0 aromatic carbocycles. The summed E-state index contributed by atoms with van der Waals surface area (Å²) < 4.78 is 16.5. The number of hydrogen-bond donors (Lipinski definition) is 0. The van der Waals surface area contributed by atoms with Gasteiger partial charge in [-0.05, 0) is 64.2 Å². The molecule has 0 aliphatic rings. The van der Waals surface area contributed by atoms with Crippen LogP contribution in [-0.4, -0.2) is 37.2 Å². The van der Waals surface area contributed by atoms with Gasteiger partial charge >= 0.3 is 17.9 Å². The van der Waals surface area contributed by atoms with Gasteiger partial charge in [0.15, 0.2) is 6.10 Å². The van der Waals surface area contributed by atoms with Crippen molar-refractivity contribution in [1.29, 1.82) is 0 Å². The first-order valence-corrected chi connectivity index (χ1v) is 19.3. The lowest BCUT2D eigenvalue weighted by molar-refractivity contribution is -0.166. The van der Waals surface area contributed by atoms with E-state index in [0.29, 0.717) is 19.3 Å². The third kappa shape index (κ3) is 34.4. The summed E-state index contributed by atoms with van der Waals surface area (Å²) in [6.45, 7) is 6.30. The van der Waals surface area contributed by atoms with E-state index < -0.39 is 6.10 Å². The lowest BCUT2D eigenvalue weighted by Gasteiger charge is -2.18. The van der Waals surface area contributed by atoms with Crippen LogP contribution < -0.4 is 0 Å². The van der Waals surface area contributed by atoms with Crippen molar-refractivity contribution in [3.05, 3.63) is 60.8 Å². The van der Waals surface area contributed by atoms with Gasteiger partial charge in [0.25, 0.3) is 0 Å². The minimum atomic E-state index is -0.799. The first-order chi connectivity index (χ1) is 23.5. The minimum absolute atomic E-state index is 0.100. The fraction of sp³-hybridized carbons (Fsp3) is 0.690. The Morgan fingerprint density at radius 1 is 0.438 bits per heavy atom. The van der Waals surface area contributed by atoms with Crippen molar-refractivity contribution in [3.8, 4) is 0 Å². The zero-order chi connectivity index (χ0) is 35.2. The first-order valence-electron chi connectivity index (χ1n) is 19.3. The minimum Gasteiger partial charge on any atom is -0.462 e. The van der Waals surface area contributed by atoms with Crippen LogP contribution in [0.2, 0.25) is 0 Å². The van der Waals surface area contributed by atoms with Crippen LogP contribution in [0.25, 0.3) is 0 Å². The quantitative estimate of drug-likeness (QED) is 0.0299. The average Bonchev–Trinajstić information content (AvgIpc) is 3.08. The van der Waals surface area contributed by atoms with E-state index >= 15 is 0 Å². The third-order valence-electron chi connectivity index (χ3n) is 7.75. The molecule has 0 N–H and O–H groups in total. The van der Waals surface area contributed by atoms with Crippen molar-refractivity contribution in [2.45, 2.75) is 175 Å². The highest BCUT2D eigenvalue weighted by atomic mass is 16.6. The molecule has 0 aliphatic carbocycles. The molecular weight excluding hydrogens is 600 g/mol. The predicted octanol–water partition coefficient (Wildman–Crippen LogP) is 11.8. The highest BCUT2D eigenvalue weighted by molar-refractivity contribution is 5.71. The van der Waals surface area contributed by atoms with Crippen LogP contribution in [0.15, 0.2) is 60.8 Å². The lowest BCUT2D eigenvalue weighted by Crippen LogP contribution is -2.30. The van der Waals surface area contributed by atoms with Crippen LogP contribution in [0, 0.1) is 0 Å². The maximum atomic E-state index is 12.6. The summed E-state index contributed by atoms with van der Waals surface area (Å²) in [4.78, 5) is 37.3. The summed E-state index contributed by atoms with van der Waals surface area (Å²) in [5, 5.41) is 0. The van der Waals surface area contributed by atoms with E-state index in [4.69, 9.17) is 14.2 Å². The van der Waals surface area contributed by atoms with Crippen molar-refractivity contribution in [1.82, 2.24) is 0 Å². The smallest absolute Gasteiger partial charge is 0.306 e. The molecule has 48 heavy (non-hydrogen) atoms. The molecule has 1 unspecified atom stereocenters. The zero-order valence-corrected chi connectivity index (χ0v) is 31.0. The van der Waals surface area contributed by atoms with E-state index in [9.17, 15) is 14.4 Å².